The highest BCUT2D eigenvalue weighted by atomic mass is 79.9. The van der Waals surface area contributed by atoms with Crippen LogP contribution < -0.4 is 0 Å². The first kappa shape index (κ1) is 15.2. The fourth-order valence-electron chi connectivity index (χ4n) is 1.70. The zero-order valence-electron chi connectivity index (χ0n) is 10.5. The number of fused-ring (bicyclic) bond motifs is 1. The zero-order chi connectivity index (χ0) is 14.0. The summed E-state index contributed by atoms with van der Waals surface area (Å²) in [5.41, 5.74) is 1.25. The Hall–Kier alpha value is -0.160. The van der Waals surface area contributed by atoms with Crippen molar-refractivity contribution < 1.29 is 13.3 Å². The lowest BCUT2D eigenvalue weighted by atomic mass is 10.2. The van der Waals surface area contributed by atoms with Crippen LogP contribution in [0.4, 0.5) is 8.78 Å². The topological polar surface area (TPSA) is 25.0 Å². The summed E-state index contributed by atoms with van der Waals surface area (Å²) in [6, 6.07) is 1.30. The highest BCUT2D eigenvalue weighted by Crippen LogP contribution is 2.42. The lowest BCUT2D eigenvalue weighted by Crippen LogP contribution is -1.87. The van der Waals surface area contributed by atoms with Crippen LogP contribution in [0.2, 0.25) is 0 Å². The van der Waals surface area contributed by atoms with Crippen molar-refractivity contribution in [2.24, 2.45) is 0 Å². The number of nitrogens with one attached hydrogen (secondary N) is 1. The fourth-order valence-corrected chi connectivity index (χ4v) is 4.52. The van der Waals surface area contributed by atoms with Crippen LogP contribution in [0.3, 0.4) is 0 Å². The van der Waals surface area contributed by atoms with E-state index in [0.717, 1.165) is 10.4 Å². The van der Waals surface area contributed by atoms with Crippen molar-refractivity contribution in [2.45, 2.75) is 11.8 Å². The molecule has 104 valence electrons. The molecule has 0 saturated heterocycles. The minimum absolute atomic E-state index is 0.120. The second-order valence-electron chi connectivity index (χ2n) is 3.88. The lowest BCUT2D eigenvalue weighted by Gasteiger charge is -2.10. The average Bonchev–Trinajstić information content (AvgIpc) is 2.77. The molecule has 0 aliphatic carbocycles. The van der Waals surface area contributed by atoms with E-state index >= 15 is 0 Å². The smallest absolute Gasteiger partial charge is 0.150 e. The number of halogens is 3. The molecule has 19 heavy (non-hydrogen) atoms. The summed E-state index contributed by atoms with van der Waals surface area (Å²) < 4.78 is 32.9. The van der Waals surface area contributed by atoms with E-state index in [0.29, 0.717) is 17.5 Å². The van der Waals surface area contributed by atoms with E-state index in [1.807, 2.05) is 13.6 Å². The molecule has 0 spiro atoms. The molecule has 0 fully saturated rings. The standard InChI is InChI=1S/C12H13BrF2NOPS/c1-3-17-18(2)6-19-9-5-16-8-4-7(14)11(13)12(15)10(8)9/h4-5,16H,3,6H2,1-2H3. The molecule has 0 saturated carbocycles. The van der Waals surface area contributed by atoms with Gasteiger partial charge in [-0.15, -0.1) is 11.8 Å². The number of aromatic nitrogens is 1. The lowest BCUT2D eigenvalue weighted by molar-refractivity contribution is 0.383. The van der Waals surface area contributed by atoms with Crippen molar-refractivity contribution in [2.75, 3.05) is 18.8 Å². The van der Waals surface area contributed by atoms with Gasteiger partial charge < -0.3 is 9.51 Å². The molecule has 1 aromatic carbocycles. The third-order valence-electron chi connectivity index (χ3n) is 2.52. The van der Waals surface area contributed by atoms with Gasteiger partial charge in [-0.2, -0.15) is 0 Å². The van der Waals surface area contributed by atoms with Gasteiger partial charge in [0.1, 0.15) is 5.82 Å². The Morgan fingerprint density at radius 1 is 1.47 bits per heavy atom. The third kappa shape index (κ3) is 3.30. The van der Waals surface area contributed by atoms with Crippen LogP contribution in [-0.4, -0.2) is 23.7 Å². The van der Waals surface area contributed by atoms with Crippen LogP contribution in [0.1, 0.15) is 6.92 Å². The van der Waals surface area contributed by atoms with Gasteiger partial charge in [-0.05, 0) is 35.6 Å². The normalized spacial score (nSPS) is 13.1. The minimum Gasteiger partial charge on any atom is -0.360 e. The second kappa shape index (κ2) is 6.53. The van der Waals surface area contributed by atoms with Gasteiger partial charge in [0.2, 0.25) is 0 Å². The molecule has 1 aromatic heterocycles. The molecule has 0 aliphatic rings. The van der Waals surface area contributed by atoms with Crippen molar-refractivity contribution in [3.8, 4) is 0 Å². The Bertz CT molecular complexity index is 593. The second-order valence-corrected chi connectivity index (χ2v) is 7.95. The Morgan fingerprint density at radius 2 is 2.21 bits per heavy atom. The van der Waals surface area contributed by atoms with Gasteiger partial charge in [0, 0.05) is 31.3 Å². The van der Waals surface area contributed by atoms with Crippen LogP contribution in [0.25, 0.3) is 10.9 Å². The molecule has 7 heteroatoms. The van der Waals surface area contributed by atoms with Crippen LogP contribution in [0.5, 0.6) is 0 Å². The van der Waals surface area contributed by atoms with Crippen molar-refractivity contribution >= 4 is 46.7 Å². The molecule has 0 aliphatic heterocycles. The number of H-pyrrole nitrogens is 1. The summed E-state index contributed by atoms with van der Waals surface area (Å²) in [4.78, 5) is 3.68. The maximum atomic E-state index is 14.1. The van der Waals surface area contributed by atoms with Gasteiger partial charge in [-0.3, -0.25) is 0 Å². The predicted octanol–water partition coefficient (Wildman–Crippen LogP) is 5.32. The molecule has 2 rings (SSSR count). The highest BCUT2D eigenvalue weighted by Gasteiger charge is 2.16. The summed E-state index contributed by atoms with van der Waals surface area (Å²) in [6.07, 6.45) is 1.71. The summed E-state index contributed by atoms with van der Waals surface area (Å²) in [5.74, 6) is -1.16. The summed E-state index contributed by atoms with van der Waals surface area (Å²) in [5, 5.41) is 0.429. The first-order chi connectivity index (χ1) is 9.04. The van der Waals surface area contributed by atoms with Crippen LogP contribution in [0.15, 0.2) is 21.6 Å². The Labute approximate surface area is 124 Å². The van der Waals surface area contributed by atoms with Crippen molar-refractivity contribution in [3.63, 3.8) is 0 Å². The molecule has 1 heterocycles. The molecule has 2 aromatic rings. The average molecular weight is 368 g/mol. The van der Waals surface area contributed by atoms with Crippen molar-refractivity contribution in [3.05, 3.63) is 28.4 Å². The fraction of sp³-hybridized carbons (Fsp3) is 0.333. The monoisotopic (exact) mass is 367 g/mol. The summed E-state index contributed by atoms with van der Waals surface area (Å²) in [7, 11) is -0.524. The number of hydrogen-bond acceptors (Lipinski definition) is 2. The van der Waals surface area contributed by atoms with Gasteiger partial charge >= 0.3 is 0 Å². The molecule has 0 bridgehead atoms. The van der Waals surface area contributed by atoms with E-state index in [1.54, 1.807) is 6.20 Å². The van der Waals surface area contributed by atoms with Crippen molar-refractivity contribution in [1.82, 2.24) is 4.98 Å². The van der Waals surface area contributed by atoms with Crippen LogP contribution in [-0.2, 0) is 4.52 Å². The van der Waals surface area contributed by atoms with Crippen LogP contribution >= 0.6 is 35.8 Å². The van der Waals surface area contributed by atoms with E-state index in [-0.39, 0.29) is 4.47 Å². The first-order valence-corrected chi connectivity index (χ1v) is 9.33. The largest absolute Gasteiger partial charge is 0.360 e. The van der Waals surface area contributed by atoms with Gasteiger partial charge in [0.25, 0.3) is 0 Å². The van der Waals surface area contributed by atoms with E-state index in [4.69, 9.17) is 4.52 Å². The van der Waals surface area contributed by atoms with Gasteiger partial charge in [-0.25, -0.2) is 8.78 Å². The number of aromatic amines is 1. The van der Waals surface area contributed by atoms with Crippen molar-refractivity contribution in [1.29, 1.82) is 0 Å². The quantitative estimate of drug-likeness (QED) is 0.439. The Balaban J connectivity index is 2.27. The number of benzene rings is 1. The van der Waals surface area contributed by atoms with E-state index < -0.39 is 19.8 Å². The third-order valence-corrected chi connectivity index (χ3v) is 6.55. The number of thioether (sulfide) groups is 1. The van der Waals surface area contributed by atoms with Gasteiger partial charge in [-0.1, -0.05) is 0 Å². The maximum Gasteiger partial charge on any atom is 0.150 e. The molecule has 0 amide bonds. The molecule has 1 unspecified atom stereocenters. The Morgan fingerprint density at radius 3 is 2.89 bits per heavy atom. The molecule has 1 atom stereocenters. The molecule has 0 radical (unpaired) electrons. The minimum atomic E-state index is -0.601. The SMILES string of the molecule is CCOP(C)CSc1c[nH]c2cc(F)c(Br)c(F)c12. The van der Waals surface area contributed by atoms with Gasteiger partial charge in [0.15, 0.2) is 5.82 Å². The first-order valence-electron chi connectivity index (χ1n) is 5.66. The van der Waals surface area contributed by atoms with E-state index in [2.05, 4.69) is 20.9 Å². The molecular formula is C12H13BrF2NOPS. The van der Waals surface area contributed by atoms with E-state index in [1.165, 1.54) is 17.8 Å². The van der Waals surface area contributed by atoms with Crippen LogP contribution in [0, 0.1) is 11.6 Å². The highest BCUT2D eigenvalue weighted by molar-refractivity contribution is 9.10. The molecule has 2 nitrogen and oxygen atoms in total. The number of hydrogen-bond donors (Lipinski definition) is 1. The van der Waals surface area contributed by atoms with Gasteiger partial charge in [0.05, 0.1) is 15.4 Å². The van der Waals surface area contributed by atoms with E-state index in [9.17, 15) is 8.78 Å². The summed E-state index contributed by atoms with van der Waals surface area (Å²) in [6.45, 7) is 4.67. The predicted molar refractivity (Wildman–Crippen MR) is 81.1 cm³/mol. The molecule has 1 N–H and O–H groups in total. The summed E-state index contributed by atoms with van der Waals surface area (Å²) >= 11 is 4.45. The Kier molecular flexibility index (Phi) is 5.23. The maximum absolute atomic E-state index is 14.1. The number of rotatable bonds is 5. The zero-order valence-corrected chi connectivity index (χ0v) is 13.8. The molecular weight excluding hydrogens is 355 g/mol.